The Kier molecular flexibility index (Phi) is 6.74. The van der Waals surface area contributed by atoms with Gasteiger partial charge in [0.25, 0.3) is 0 Å². The van der Waals surface area contributed by atoms with Crippen LogP contribution in [0.5, 0.6) is 11.8 Å². The second kappa shape index (κ2) is 9.92. The van der Waals surface area contributed by atoms with Crippen LogP contribution in [0.3, 0.4) is 0 Å². The number of terminal acetylenes is 1. The lowest BCUT2D eigenvalue weighted by atomic mass is 10.3. The number of aryl methyl sites for hydroxylation is 1. The average Bonchev–Trinajstić information content (AvgIpc) is 3.48. The quantitative estimate of drug-likeness (QED) is 0.307. The molecule has 0 aliphatic rings. The van der Waals surface area contributed by atoms with Crippen LogP contribution in [0, 0.1) is 18.2 Å². The number of hydrogen-bond acceptors (Lipinski definition) is 11. The second-order valence-electron chi connectivity index (χ2n) is 7.12. The Morgan fingerprint density at radius 3 is 2.36 bits per heavy atom. The van der Waals surface area contributed by atoms with Gasteiger partial charge in [0.15, 0.2) is 17.3 Å². The Bertz CT molecular complexity index is 1510. The molecule has 0 saturated carbocycles. The molecular weight excluding hydrogens is 495 g/mol. The van der Waals surface area contributed by atoms with Crippen LogP contribution < -0.4 is 14.2 Å². The van der Waals surface area contributed by atoms with E-state index in [1.54, 1.807) is 19.3 Å². The zero-order chi connectivity index (χ0) is 25.9. The number of nitrogens with zero attached hydrogens (tertiary/aromatic N) is 9. The minimum absolute atomic E-state index is 0.0418. The first-order valence-corrected chi connectivity index (χ1v) is 11.6. The number of ether oxygens (including phenoxy) is 2. The first kappa shape index (κ1) is 24.5. The zero-order valence-corrected chi connectivity index (χ0v) is 20.0. The topological polar surface area (TPSA) is 165 Å². The van der Waals surface area contributed by atoms with E-state index >= 15 is 0 Å². The Hall–Kier alpha value is -4.65. The highest BCUT2D eigenvalue weighted by molar-refractivity contribution is 7.93. The number of aromatic nitrogens is 9. The van der Waals surface area contributed by atoms with Crippen molar-refractivity contribution in [2.75, 3.05) is 18.9 Å². The monoisotopic (exact) mass is 514 g/mol. The third-order valence-electron chi connectivity index (χ3n) is 4.81. The van der Waals surface area contributed by atoms with Gasteiger partial charge in [-0.25, -0.2) is 32.1 Å². The van der Waals surface area contributed by atoms with E-state index in [1.165, 1.54) is 29.8 Å². The fourth-order valence-electron chi connectivity index (χ4n) is 3.17. The van der Waals surface area contributed by atoms with Gasteiger partial charge in [0.05, 0.1) is 26.6 Å². The van der Waals surface area contributed by atoms with Crippen molar-refractivity contribution >= 4 is 16.0 Å². The molecule has 0 aromatic carbocycles. The Labute approximate surface area is 204 Å². The van der Waals surface area contributed by atoms with E-state index < -0.39 is 21.1 Å². The lowest BCUT2D eigenvalue weighted by Crippen LogP contribution is -2.30. The van der Waals surface area contributed by atoms with Gasteiger partial charge in [0, 0.05) is 19.7 Å². The molecule has 16 heteroatoms. The molecule has 0 unspecified atom stereocenters. The maximum Gasteiger partial charge on any atom is 0.249 e. The van der Waals surface area contributed by atoms with Crippen molar-refractivity contribution in [2.24, 2.45) is 7.05 Å². The minimum Gasteiger partial charge on any atom is -0.479 e. The van der Waals surface area contributed by atoms with Crippen LogP contribution in [0.1, 0.15) is 5.82 Å². The molecule has 4 rings (SSSR count). The summed E-state index contributed by atoms with van der Waals surface area (Å²) >= 11 is 0. The molecule has 0 amide bonds. The van der Waals surface area contributed by atoms with E-state index in [1.807, 2.05) is 0 Å². The molecule has 0 radical (unpaired) electrons. The highest BCUT2D eigenvalue weighted by Gasteiger charge is 2.31. The molecule has 4 heterocycles. The van der Waals surface area contributed by atoms with Crippen LogP contribution >= 0.6 is 0 Å². The van der Waals surface area contributed by atoms with Crippen molar-refractivity contribution in [1.29, 1.82) is 0 Å². The number of rotatable bonds is 9. The van der Waals surface area contributed by atoms with Gasteiger partial charge in [-0.2, -0.15) is 15.1 Å². The van der Waals surface area contributed by atoms with Gasteiger partial charge in [-0.05, 0) is 6.07 Å². The van der Waals surface area contributed by atoms with E-state index in [2.05, 4.69) is 45.9 Å². The van der Waals surface area contributed by atoms with Crippen molar-refractivity contribution in [1.82, 2.24) is 44.5 Å². The van der Waals surface area contributed by atoms with Crippen molar-refractivity contribution in [3.05, 3.63) is 42.6 Å². The minimum atomic E-state index is -4.30. The maximum absolute atomic E-state index is 13.3. The zero-order valence-electron chi connectivity index (χ0n) is 19.2. The van der Waals surface area contributed by atoms with E-state index in [0.29, 0.717) is 5.69 Å². The number of nitrogens with one attached hydrogen (secondary N) is 1. The molecule has 186 valence electrons. The number of anilines is 1. The van der Waals surface area contributed by atoms with Gasteiger partial charge in [0.1, 0.15) is 23.1 Å². The van der Waals surface area contributed by atoms with Crippen molar-refractivity contribution in [3.63, 3.8) is 0 Å². The molecular formula is C20H19FN10O4S. The summed E-state index contributed by atoms with van der Waals surface area (Å²) in [6.07, 6.45) is 9.95. The van der Waals surface area contributed by atoms with Gasteiger partial charge in [-0.3, -0.25) is 4.68 Å². The molecule has 4 aromatic heterocycles. The molecule has 1 N–H and O–H groups in total. The molecule has 4 aromatic rings. The van der Waals surface area contributed by atoms with Crippen LogP contribution in [0.4, 0.5) is 10.3 Å². The van der Waals surface area contributed by atoms with Crippen molar-refractivity contribution in [3.8, 4) is 41.3 Å². The average molecular weight is 515 g/mol. The molecule has 1 atom stereocenters. The van der Waals surface area contributed by atoms with Crippen LogP contribution in [-0.4, -0.2) is 72.4 Å². The molecule has 0 aliphatic carbocycles. The highest BCUT2D eigenvalue weighted by atomic mass is 32.2. The molecule has 0 spiro atoms. The van der Waals surface area contributed by atoms with Crippen LogP contribution in [-0.2, 0) is 23.5 Å². The summed E-state index contributed by atoms with van der Waals surface area (Å²) in [5.74, 6) is 1.55. The number of methoxy groups -OCH3 is 2. The Balaban J connectivity index is 1.82. The lowest BCUT2D eigenvalue weighted by molar-refractivity contribution is 0.368. The standard InChI is InChI=1S/C20H19FN10O4S/c1-5-13(8-15-22-9-12(21)10-23-15)36(32,33)29-20-27-26-17(14-6-7-30(2)28-14)31(20)16-18(34-3)24-11-25-19(16)35-4/h1,6-7,9-11,13H,8H2,2-4H3,(H,27,29)/t13-/m1/s1. The lowest BCUT2D eigenvalue weighted by Gasteiger charge is -2.17. The summed E-state index contributed by atoms with van der Waals surface area (Å²) in [7, 11) is 0.150. The summed E-state index contributed by atoms with van der Waals surface area (Å²) in [5, 5.41) is 11.0. The predicted molar refractivity (Wildman–Crippen MR) is 123 cm³/mol. The summed E-state index contributed by atoms with van der Waals surface area (Å²) in [4.78, 5) is 15.7. The Morgan fingerprint density at radius 1 is 1.14 bits per heavy atom. The maximum atomic E-state index is 13.3. The predicted octanol–water partition coefficient (Wildman–Crippen LogP) is 0.390. The molecule has 0 fully saturated rings. The smallest absolute Gasteiger partial charge is 0.249 e. The van der Waals surface area contributed by atoms with Gasteiger partial charge < -0.3 is 9.47 Å². The molecule has 14 nitrogen and oxygen atoms in total. The van der Waals surface area contributed by atoms with Gasteiger partial charge in [-0.15, -0.1) is 16.6 Å². The van der Waals surface area contributed by atoms with Crippen molar-refractivity contribution < 1.29 is 22.3 Å². The summed E-state index contributed by atoms with van der Waals surface area (Å²) < 4.78 is 55.6. The number of halogens is 1. The molecule has 0 bridgehead atoms. The van der Waals surface area contributed by atoms with E-state index in [0.717, 1.165) is 12.4 Å². The third-order valence-corrected chi connectivity index (χ3v) is 6.33. The number of sulfonamides is 1. The largest absolute Gasteiger partial charge is 0.479 e. The second-order valence-corrected chi connectivity index (χ2v) is 8.99. The molecule has 36 heavy (non-hydrogen) atoms. The fraction of sp³-hybridized carbons (Fsp3) is 0.250. The van der Waals surface area contributed by atoms with Crippen molar-refractivity contribution in [2.45, 2.75) is 11.7 Å². The van der Waals surface area contributed by atoms with Gasteiger partial charge >= 0.3 is 0 Å². The van der Waals surface area contributed by atoms with Crippen LogP contribution in [0.25, 0.3) is 17.2 Å². The summed E-state index contributed by atoms with van der Waals surface area (Å²) in [5.41, 5.74) is 0.474. The highest BCUT2D eigenvalue weighted by Crippen LogP contribution is 2.34. The fourth-order valence-corrected chi connectivity index (χ4v) is 4.24. The first-order chi connectivity index (χ1) is 17.3. The Morgan fingerprint density at radius 2 is 1.81 bits per heavy atom. The molecule has 0 saturated heterocycles. The van der Waals surface area contributed by atoms with Gasteiger partial charge in [0.2, 0.25) is 27.7 Å². The van der Waals surface area contributed by atoms with Gasteiger partial charge in [-0.1, -0.05) is 5.92 Å². The van der Waals surface area contributed by atoms with E-state index in [9.17, 15) is 12.8 Å². The van der Waals surface area contributed by atoms with E-state index in [4.69, 9.17) is 15.9 Å². The summed E-state index contributed by atoms with van der Waals surface area (Å²) in [6.45, 7) is 0. The normalized spacial score (nSPS) is 12.1. The first-order valence-electron chi connectivity index (χ1n) is 10.1. The van der Waals surface area contributed by atoms with E-state index in [-0.39, 0.29) is 41.5 Å². The van der Waals surface area contributed by atoms with Crippen LogP contribution in [0.2, 0.25) is 0 Å². The number of hydrogen-bond donors (Lipinski definition) is 1. The third kappa shape index (κ3) is 4.77. The summed E-state index contributed by atoms with van der Waals surface area (Å²) in [6, 6.07) is 1.65. The van der Waals surface area contributed by atoms with Crippen LogP contribution in [0.15, 0.2) is 31.0 Å². The SMILES string of the molecule is C#C[C@H](Cc1ncc(F)cn1)S(=O)(=O)Nc1nnc(-c2ccn(C)n2)n1-c1c(OC)ncnc1OC. The molecule has 0 aliphatic heterocycles.